The Morgan fingerprint density at radius 2 is 1.82 bits per heavy atom. The van der Waals surface area contributed by atoms with Crippen LogP contribution in [0.3, 0.4) is 0 Å². The lowest BCUT2D eigenvalue weighted by Gasteiger charge is -2.19. The minimum atomic E-state index is -0.701. The molecule has 1 heterocycles. The van der Waals surface area contributed by atoms with Crippen LogP contribution in [0.15, 0.2) is 0 Å². The highest BCUT2D eigenvalue weighted by Crippen LogP contribution is 2.20. The molecule has 0 aromatic heterocycles. The molecule has 0 aromatic carbocycles. The lowest BCUT2D eigenvalue weighted by Crippen LogP contribution is -2.49. The van der Waals surface area contributed by atoms with Gasteiger partial charge in [0.25, 0.3) is 0 Å². The quantitative estimate of drug-likeness (QED) is 0.400. The predicted octanol–water partition coefficient (Wildman–Crippen LogP) is 0.571. The van der Waals surface area contributed by atoms with Crippen LogP contribution in [0.1, 0.15) is 27.7 Å². The van der Waals surface area contributed by atoms with Crippen molar-refractivity contribution in [2.45, 2.75) is 38.9 Å². The molecule has 0 aromatic rings. The number of nitrogens with zero attached hydrogens (tertiary/aromatic N) is 1. The first-order valence-corrected chi connectivity index (χ1v) is 3.60. The van der Waals surface area contributed by atoms with Crippen molar-refractivity contribution >= 4 is 5.90 Å². The maximum atomic E-state index is 11.2. The van der Waals surface area contributed by atoms with E-state index in [0.29, 0.717) is 4.74 Å². The van der Waals surface area contributed by atoms with Crippen LogP contribution in [0.25, 0.3) is 0 Å². The average molecular weight is 158 g/mol. The molecule has 4 heteroatoms. The van der Waals surface area contributed by atoms with Gasteiger partial charge in [-0.05, 0) is 13.8 Å². The zero-order valence-electron chi connectivity index (χ0n) is 7.30. The lowest BCUT2D eigenvalue weighted by atomic mass is 10.1. The Hall–Kier alpha value is -0.770. The summed E-state index contributed by atoms with van der Waals surface area (Å²) in [7, 11) is 0. The van der Waals surface area contributed by atoms with Crippen LogP contribution in [-0.4, -0.2) is 26.9 Å². The molecule has 4 nitrogen and oxygen atoms in total. The molecule has 0 amide bonds. The van der Waals surface area contributed by atoms with E-state index in [9.17, 15) is 10.3 Å². The fraction of sp³-hybridized carbons (Fsp3) is 0.857. The molecule has 0 aliphatic carbocycles. The van der Waals surface area contributed by atoms with Crippen molar-refractivity contribution in [2.75, 3.05) is 0 Å². The van der Waals surface area contributed by atoms with Crippen LogP contribution >= 0.6 is 0 Å². The fourth-order valence-corrected chi connectivity index (χ4v) is 1.39. The second kappa shape index (κ2) is 1.88. The van der Waals surface area contributed by atoms with Crippen molar-refractivity contribution in [3.8, 4) is 0 Å². The van der Waals surface area contributed by atoms with Crippen molar-refractivity contribution in [2.24, 2.45) is 0 Å². The zero-order valence-corrected chi connectivity index (χ0v) is 7.30. The summed E-state index contributed by atoms with van der Waals surface area (Å²) in [6.07, 6.45) is 0. The SMILES string of the molecule is CC1(C)NC(C)(C)[N+]([O-])=C1O. The first-order chi connectivity index (χ1) is 4.77. The third kappa shape index (κ3) is 1.07. The van der Waals surface area contributed by atoms with Gasteiger partial charge in [0.15, 0.2) is 0 Å². The summed E-state index contributed by atoms with van der Waals surface area (Å²) in [6, 6.07) is 0. The average Bonchev–Trinajstić information content (AvgIpc) is 1.91. The maximum absolute atomic E-state index is 11.2. The Labute approximate surface area is 66.1 Å². The van der Waals surface area contributed by atoms with Crippen LogP contribution in [0.2, 0.25) is 0 Å². The van der Waals surface area contributed by atoms with Gasteiger partial charge >= 0.3 is 5.90 Å². The van der Waals surface area contributed by atoms with Crippen molar-refractivity contribution in [1.29, 1.82) is 0 Å². The first kappa shape index (κ1) is 8.33. The third-order valence-corrected chi connectivity index (χ3v) is 1.88. The van der Waals surface area contributed by atoms with Crippen LogP contribution < -0.4 is 5.32 Å². The number of nitrogens with one attached hydrogen (secondary N) is 1. The molecule has 0 saturated heterocycles. The summed E-state index contributed by atoms with van der Waals surface area (Å²) in [5, 5.41) is 23.5. The van der Waals surface area contributed by atoms with Crippen molar-refractivity contribution in [3.63, 3.8) is 0 Å². The summed E-state index contributed by atoms with van der Waals surface area (Å²) in [6.45, 7) is 6.99. The standard InChI is InChI=1S/C7H14N2O2/c1-6(2)5(10)9(11)7(3,4)8-6/h8,10H,1-4H3. The highest BCUT2D eigenvalue weighted by molar-refractivity contribution is 5.80. The van der Waals surface area contributed by atoms with E-state index in [4.69, 9.17) is 0 Å². The second-order valence-electron chi connectivity index (χ2n) is 3.93. The van der Waals surface area contributed by atoms with Gasteiger partial charge in [-0.15, -0.1) is 0 Å². The molecule has 0 spiro atoms. The van der Waals surface area contributed by atoms with Crippen molar-refractivity contribution in [1.82, 2.24) is 5.32 Å². The summed E-state index contributed by atoms with van der Waals surface area (Å²) in [5.74, 6) is -0.150. The van der Waals surface area contributed by atoms with E-state index in [1.165, 1.54) is 0 Å². The van der Waals surface area contributed by atoms with Gasteiger partial charge < -0.3 is 10.3 Å². The topological polar surface area (TPSA) is 58.3 Å². The minimum absolute atomic E-state index is 0.150. The fourth-order valence-electron chi connectivity index (χ4n) is 1.39. The van der Waals surface area contributed by atoms with E-state index in [2.05, 4.69) is 5.32 Å². The lowest BCUT2D eigenvalue weighted by molar-refractivity contribution is -0.543. The van der Waals surface area contributed by atoms with Gasteiger partial charge in [0, 0.05) is 13.8 Å². The van der Waals surface area contributed by atoms with Crippen LogP contribution in [-0.2, 0) is 0 Å². The Bertz CT molecular complexity index is 196. The van der Waals surface area contributed by atoms with Crippen molar-refractivity contribution in [3.05, 3.63) is 5.21 Å². The van der Waals surface area contributed by atoms with Gasteiger partial charge in [-0.3, -0.25) is 0 Å². The summed E-state index contributed by atoms with van der Waals surface area (Å²) in [5.41, 5.74) is -1.31. The van der Waals surface area contributed by atoms with Crippen molar-refractivity contribution < 1.29 is 9.85 Å². The molecule has 1 aliphatic rings. The molecular formula is C7H14N2O2. The third-order valence-electron chi connectivity index (χ3n) is 1.88. The van der Waals surface area contributed by atoms with E-state index in [1.54, 1.807) is 27.7 Å². The Kier molecular flexibility index (Phi) is 1.42. The molecule has 2 N–H and O–H groups in total. The molecule has 1 rings (SSSR count). The van der Waals surface area contributed by atoms with E-state index in [-0.39, 0.29) is 5.90 Å². The van der Waals surface area contributed by atoms with E-state index in [0.717, 1.165) is 0 Å². The van der Waals surface area contributed by atoms with Gasteiger partial charge in [-0.1, -0.05) is 0 Å². The van der Waals surface area contributed by atoms with E-state index >= 15 is 0 Å². The smallest absolute Gasteiger partial charge is 0.367 e. The monoisotopic (exact) mass is 158 g/mol. The van der Waals surface area contributed by atoms with Crippen LogP contribution in [0, 0.1) is 5.21 Å². The highest BCUT2D eigenvalue weighted by Gasteiger charge is 2.49. The zero-order chi connectivity index (χ0) is 8.86. The first-order valence-electron chi connectivity index (χ1n) is 3.60. The molecule has 0 radical (unpaired) electrons. The number of rotatable bonds is 0. The Morgan fingerprint density at radius 3 is 1.91 bits per heavy atom. The van der Waals surface area contributed by atoms with Gasteiger partial charge in [0.2, 0.25) is 5.66 Å². The molecule has 0 saturated carbocycles. The molecule has 64 valence electrons. The number of hydrogen-bond acceptors (Lipinski definition) is 2. The molecule has 0 bridgehead atoms. The molecule has 11 heavy (non-hydrogen) atoms. The van der Waals surface area contributed by atoms with E-state index in [1.807, 2.05) is 0 Å². The highest BCUT2D eigenvalue weighted by atomic mass is 16.5. The summed E-state index contributed by atoms with van der Waals surface area (Å²) in [4.78, 5) is 0. The van der Waals surface area contributed by atoms with E-state index < -0.39 is 11.2 Å². The largest absolute Gasteiger partial charge is 0.620 e. The van der Waals surface area contributed by atoms with Gasteiger partial charge in [-0.2, -0.15) is 4.74 Å². The number of aliphatic hydroxyl groups excluding tert-OH is 1. The summed E-state index contributed by atoms with van der Waals surface area (Å²) < 4.78 is 0.604. The number of aliphatic hydroxyl groups is 1. The minimum Gasteiger partial charge on any atom is -0.620 e. The maximum Gasteiger partial charge on any atom is 0.367 e. The second-order valence-corrected chi connectivity index (χ2v) is 3.93. The van der Waals surface area contributed by atoms with Crippen LogP contribution in [0.5, 0.6) is 0 Å². The molecule has 0 atom stereocenters. The number of hydroxylamine groups is 1. The molecule has 0 fully saturated rings. The normalized spacial score (nSPS) is 27.6. The van der Waals surface area contributed by atoms with Gasteiger partial charge in [0.05, 0.1) is 0 Å². The molecule has 0 unspecified atom stereocenters. The predicted molar refractivity (Wildman–Crippen MR) is 42.6 cm³/mol. The van der Waals surface area contributed by atoms with Gasteiger partial charge in [-0.25, -0.2) is 5.32 Å². The van der Waals surface area contributed by atoms with Crippen LogP contribution in [0.4, 0.5) is 0 Å². The molecule has 1 aliphatic heterocycles. The number of hydrogen-bond donors (Lipinski definition) is 2. The Balaban J connectivity index is 3.09. The summed E-state index contributed by atoms with van der Waals surface area (Å²) >= 11 is 0. The Morgan fingerprint density at radius 1 is 1.36 bits per heavy atom. The van der Waals surface area contributed by atoms with Gasteiger partial charge in [0.1, 0.15) is 5.54 Å². The molecular weight excluding hydrogens is 144 g/mol.